The molecule has 2 N–H and O–H groups in total. The summed E-state index contributed by atoms with van der Waals surface area (Å²) in [6, 6.07) is 6.86. The summed E-state index contributed by atoms with van der Waals surface area (Å²) in [4.78, 5) is 11.4. The lowest BCUT2D eigenvalue weighted by Gasteiger charge is -2.14. The van der Waals surface area contributed by atoms with Gasteiger partial charge in [-0.2, -0.15) is 11.8 Å². The molecule has 9 heteroatoms. The van der Waals surface area contributed by atoms with Gasteiger partial charge in [0.2, 0.25) is 0 Å². The molecule has 0 amide bonds. The molecule has 0 aliphatic heterocycles. The Bertz CT molecular complexity index is 685. The highest BCUT2D eigenvalue weighted by molar-refractivity contribution is 7.97. The number of ether oxygens (including phenoxy) is 1. The minimum absolute atomic E-state index is 0.210. The Morgan fingerprint density at radius 3 is 2.50 bits per heavy atom. The van der Waals surface area contributed by atoms with E-state index in [-0.39, 0.29) is 11.5 Å². The number of thioether (sulfide) groups is 1. The van der Waals surface area contributed by atoms with Gasteiger partial charge in [-0.1, -0.05) is 0 Å². The van der Waals surface area contributed by atoms with Crippen LogP contribution in [0.2, 0.25) is 0 Å². The van der Waals surface area contributed by atoms with Crippen LogP contribution in [-0.2, 0) is 10.5 Å². The molecule has 2 rings (SSSR count). The monoisotopic (exact) mass is 361 g/mol. The van der Waals surface area contributed by atoms with Crippen molar-refractivity contribution in [3.63, 3.8) is 0 Å². The molecule has 1 aromatic carbocycles. The first-order valence-electron chi connectivity index (χ1n) is 6.71. The Kier molecular flexibility index (Phi) is 5.66. The van der Waals surface area contributed by atoms with Crippen molar-refractivity contribution in [2.45, 2.75) is 18.2 Å². The average Bonchev–Trinajstić information content (AvgIpc) is 2.93. The van der Waals surface area contributed by atoms with Crippen molar-refractivity contribution in [2.24, 2.45) is 0 Å². The maximum absolute atomic E-state index is 12.1. The van der Waals surface area contributed by atoms with E-state index in [0.29, 0.717) is 17.2 Å². The zero-order chi connectivity index (χ0) is 17.7. The molecule has 1 aromatic heterocycles. The first kappa shape index (κ1) is 18.1. The summed E-state index contributed by atoms with van der Waals surface area (Å²) in [5, 5.41) is 12.0. The van der Waals surface area contributed by atoms with Gasteiger partial charge in [-0.25, -0.2) is 4.79 Å². The number of carboxylic acid groups (broad SMARTS) is 1. The molecular weight excluding hydrogens is 347 g/mol. The van der Waals surface area contributed by atoms with Gasteiger partial charge in [0.05, 0.1) is 5.75 Å². The lowest BCUT2D eigenvalue weighted by molar-refractivity contribution is -0.274. The second-order valence-electron chi connectivity index (χ2n) is 4.72. The number of halogens is 3. The zero-order valence-electron chi connectivity index (χ0n) is 12.5. The van der Waals surface area contributed by atoms with Gasteiger partial charge in [0, 0.05) is 5.69 Å². The lowest BCUT2D eigenvalue weighted by Crippen LogP contribution is -2.20. The molecule has 0 spiro atoms. The van der Waals surface area contributed by atoms with Crippen molar-refractivity contribution < 1.29 is 32.2 Å². The van der Waals surface area contributed by atoms with E-state index >= 15 is 0 Å². The number of alkyl halides is 3. The molecule has 0 saturated heterocycles. The van der Waals surface area contributed by atoms with Gasteiger partial charge < -0.3 is 19.6 Å². The van der Waals surface area contributed by atoms with E-state index in [1.165, 1.54) is 23.9 Å². The highest BCUT2D eigenvalue weighted by Crippen LogP contribution is 2.27. The molecule has 2 aromatic rings. The molecule has 0 radical (unpaired) electrons. The molecule has 0 saturated carbocycles. The van der Waals surface area contributed by atoms with Crippen LogP contribution in [-0.4, -0.2) is 23.7 Å². The summed E-state index contributed by atoms with van der Waals surface area (Å²) in [5.41, 5.74) is 0.319. The molecule has 0 aliphatic carbocycles. The highest BCUT2D eigenvalue weighted by Gasteiger charge is 2.31. The number of hydrogen-bond donors (Lipinski definition) is 2. The molecule has 1 atom stereocenters. The minimum Gasteiger partial charge on any atom is -0.479 e. The van der Waals surface area contributed by atoms with Crippen LogP contribution >= 0.6 is 11.8 Å². The number of rotatable bonds is 7. The zero-order valence-corrected chi connectivity index (χ0v) is 13.3. The summed E-state index contributed by atoms with van der Waals surface area (Å²) in [6.45, 7) is 0. The van der Waals surface area contributed by atoms with E-state index in [1.54, 1.807) is 12.1 Å². The van der Waals surface area contributed by atoms with Gasteiger partial charge in [0.1, 0.15) is 17.3 Å². The van der Waals surface area contributed by atoms with Crippen molar-refractivity contribution in [3.8, 4) is 5.75 Å². The van der Waals surface area contributed by atoms with E-state index in [0.717, 1.165) is 12.1 Å². The first-order valence-corrected chi connectivity index (χ1v) is 8.10. The van der Waals surface area contributed by atoms with Gasteiger partial charge >= 0.3 is 12.3 Å². The van der Waals surface area contributed by atoms with Gasteiger partial charge in [-0.15, -0.1) is 13.2 Å². The van der Waals surface area contributed by atoms with Gasteiger partial charge in [0.15, 0.2) is 6.04 Å². The Balaban J connectivity index is 2.11. The number of benzene rings is 1. The van der Waals surface area contributed by atoms with Gasteiger partial charge in [0.25, 0.3) is 0 Å². The van der Waals surface area contributed by atoms with Crippen molar-refractivity contribution in [1.29, 1.82) is 0 Å². The summed E-state index contributed by atoms with van der Waals surface area (Å²) in [6.07, 6.45) is -2.89. The summed E-state index contributed by atoms with van der Waals surface area (Å²) in [7, 11) is 0. The van der Waals surface area contributed by atoms with Crippen LogP contribution < -0.4 is 10.1 Å². The SMILES string of the molecule is CSCc1ccc(C(Nc2ccc(OC(F)(F)F)cc2)C(=O)O)o1. The van der Waals surface area contributed by atoms with Crippen LogP contribution in [0.4, 0.5) is 18.9 Å². The predicted molar refractivity (Wildman–Crippen MR) is 83.1 cm³/mol. The fourth-order valence-electron chi connectivity index (χ4n) is 1.94. The number of carbonyl (C=O) groups is 1. The van der Waals surface area contributed by atoms with Crippen molar-refractivity contribution in [2.75, 3.05) is 11.6 Å². The van der Waals surface area contributed by atoms with Crippen LogP contribution in [0.3, 0.4) is 0 Å². The predicted octanol–water partition coefficient (Wildman–Crippen LogP) is 4.28. The Morgan fingerprint density at radius 1 is 1.29 bits per heavy atom. The molecule has 130 valence electrons. The minimum atomic E-state index is -4.78. The highest BCUT2D eigenvalue weighted by atomic mass is 32.2. The Labute approximate surface area is 139 Å². The molecule has 24 heavy (non-hydrogen) atoms. The van der Waals surface area contributed by atoms with Crippen LogP contribution in [0.5, 0.6) is 5.75 Å². The number of hydrogen-bond acceptors (Lipinski definition) is 5. The average molecular weight is 361 g/mol. The number of nitrogens with one attached hydrogen (secondary N) is 1. The van der Waals surface area contributed by atoms with E-state index < -0.39 is 18.4 Å². The first-order chi connectivity index (χ1) is 11.3. The number of anilines is 1. The summed E-state index contributed by atoms with van der Waals surface area (Å²) in [5.74, 6) is -0.104. The van der Waals surface area contributed by atoms with Crippen LogP contribution in [0.1, 0.15) is 17.6 Å². The fraction of sp³-hybridized carbons (Fsp3) is 0.267. The smallest absolute Gasteiger partial charge is 0.479 e. The van der Waals surface area contributed by atoms with Crippen molar-refractivity contribution in [1.82, 2.24) is 0 Å². The van der Waals surface area contributed by atoms with Crippen molar-refractivity contribution >= 4 is 23.4 Å². The molecule has 5 nitrogen and oxygen atoms in total. The normalized spacial score (nSPS) is 12.7. The Hall–Kier alpha value is -2.29. The second kappa shape index (κ2) is 7.52. The second-order valence-corrected chi connectivity index (χ2v) is 5.59. The topological polar surface area (TPSA) is 71.7 Å². The molecule has 0 fully saturated rings. The standard InChI is InChI=1S/C15H14F3NO4S/c1-24-8-11-6-7-12(22-11)13(14(20)21)19-9-2-4-10(5-3-9)23-15(16,17)18/h2-7,13,19H,8H2,1H3,(H,20,21). The third kappa shape index (κ3) is 5.12. The van der Waals surface area contributed by atoms with Gasteiger partial charge in [-0.05, 0) is 42.7 Å². The third-order valence-corrected chi connectivity index (χ3v) is 3.47. The Morgan fingerprint density at radius 2 is 1.96 bits per heavy atom. The number of carboxylic acids is 1. The molecule has 0 aliphatic rings. The largest absolute Gasteiger partial charge is 0.573 e. The maximum atomic E-state index is 12.1. The number of furan rings is 1. The lowest BCUT2D eigenvalue weighted by atomic mass is 10.2. The molecule has 1 heterocycles. The van der Waals surface area contributed by atoms with E-state index in [9.17, 15) is 23.1 Å². The fourth-order valence-corrected chi connectivity index (χ4v) is 2.38. The van der Waals surface area contributed by atoms with Crippen LogP contribution in [0.15, 0.2) is 40.8 Å². The van der Waals surface area contributed by atoms with Crippen LogP contribution in [0, 0.1) is 0 Å². The van der Waals surface area contributed by atoms with E-state index in [2.05, 4.69) is 10.1 Å². The quantitative estimate of drug-likeness (QED) is 0.767. The third-order valence-electron chi connectivity index (χ3n) is 2.90. The van der Waals surface area contributed by atoms with Gasteiger partial charge in [-0.3, -0.25) is 0 Å². The number of aliphatic carboxylic acids is 1. The van der Waals surface area contributed by atoms with E-state index in [1.807, 2.05) is 6.26 Å². The molecular formula is C15H14F3NO4S. The molecule has 0 bridgehead atoms. The van der Waals surface area contributed by atoms with E-state index in [4.69, 9.17) is 4.42 Å². The molecule has 1 unspecified atom stereocenters. The summed E-state index contributed by atoms with van der Waals surface area (Å²) >= 11 is 1.53. The maximum Gasteiger partial charge on any atom is 0.573 e. The summed E-state index contributed by atoms with van der Waals surface area (Å²) < 4.78 is 45.6. The van der Waals surface area contributed by atoms with Crippen LogP contribution in [0.25, 0.3) is 0 Å². The van der Waals surface area contributed by atoms with Crippen molar-refractivity contribution in [3.05, 3.63) is 47.9 Å².